The van der Waals surface area contributed by atoms with E-state index in [0.29, 0.717) is 26.3 Å². The summed E-state index contributed by atoms with van der Waals surface area (Å²) in [6.07, 6.45) is 1.06. The van der Waals surface area contributed by atoms with Gasteiger partial charge in [0, 0.05) is 10.2 Å². The normalized spacial score (nSPS) is 11.0. The number of hydrogen-bond donors (Lipinski definition) is 1. The molecule has 0 radical (unpaired) electrons. The topological polar surface area (TPSA) is 90.3 Å². The Bertz CT molecular complexity index is 1100. The highest BCUT2D eigenvalue weighted by molar-refractivity contribution is 9.10. The molecule has 0 atom stereocenters. The number of thiophene rings is 1. The summed E-state index contributed by atoms with van der Waals surface area (Å²) in [5.74, 6) is -0.827. The van der Waals surface area contributed by atoms with Crippen molar-refractivity contribution < 1.29 is 14.3 Å². The van der Waals surface area contributed by atoms with E-state index in [-0.39, 0.29) is 24.1 Å². The van der Waals surface area contributed by atoms with E-state index >= 15 is 0 Å². The van der Waals surface area contributed by atoms with Crippen molar-refractivity contribution in [1.82, 2.24) is 9.55 Å². The Morgan fingerprint density at radius 1 is 1.29 bits per heavy atom. The molecule has 3 aromatic rings. The van der Waals surface area contributed by atoms with E-state index in [1.807, 2.05) is 12.1 Å². The van der Waals surface area contributed by atoms with Crippen LogP contribution in [0, 0.1) is 6.92 Å². The van der Waals surface area contributed by atoms with E-state index in [1.54, 1.807) is 32.9 Å². The standard InChI is InChI=1S/C19H18BrN3O4S/c1-10(2)27-19(26)16-11(3)15-17(28-16)21-9-23(18(15)25)8-14(24)22-13-6-4-12(20)5-7-13/h4-7,9-10H,8H2,1-3H3,(H,22,24). The van der Waals surface area contributed by atoms with Gasteiger partial charge in [0.2, 0.25) is 5.91 Å². The lowest BCUT2D eigenvalue weighted by Gasteiger charge is -2.08. The van der Waals surface area contributed by atoms with Crippen LogP contribution in [0.25, 0.3) is 10.2 Å². The molecule has 146 valence electrons. The summed E-state index contributed by atoms with van der Waals surface area (Å²) in [5.41, 5.74) is 0.778. The molecule has 0 unspecified atom stereocenters. The number of ether oxygens (including phenoxy) is 1. The van der Waals surface area contributed by atoms with E-state index in [9.17, 15) is 14.4 Å². The number of nitrogens with one attached hydrogen (secondary N) is 1. The minimum absolute atomic E-state index is 0.182. The van der Waals surface area contributed by atoms with Crippen molar-refractivity contribution in [2.75, 3.05) is 5.32 Å². The number of fused-ring (bicyclic) bond motifs is 1. The van der Waals surface area contributed by atoms with Gasteiger partial charge in [0.1, 0.15) is 16.3 Å². The molecule has 0 aliphatic heterocycles. The van der Waals surface area contributed by atoms with Crippen molar-refractivity contribution in [3.8, 4) is 0 Å². The van der Waals surface area contributed by atoms with Gasteiger partial charge < -0.3 is 10.1 Å². The first kappa shape index (κ1) is 20.2. The molecular formula is C19H18BrN3O4S. The molecule has 0 saturated heterocycles. The Morgan fingerprint density at radius 3 is 2.61 bits per heavy atom. The number of aryl methyl sites for hydroxylation is 1. The van der Waals surface area contributed by atoms with Gasteiger partial charge in [-0.1, -0.05) is 15.9 Å². The molecule has 2 aromatic heterocycles. The molecular weight excluding hydrogens is 446 g/mol. The molecule has 7 nitrogen and oxygen atoms in total. The number of rotatable bonds is 5. The van der Waals surface area contributed by atoms with Gasteiger partial charge in [-0.25, -0.2) is 9.78 Å². The predicted molar refractivity (Wildman–Crippen MR) is 112 cm³/mol. The van der Waals surface area contributed by atoms with Gasteiger partial charge in [0.05, 0.1) is 17.8 Å². The number of hydrogen-bond acceptors (Lipinski definition) is 6. The smallest absolute Gasteiger partial charge is 0.348 e. The van der Waals surface area contributed by atoms with Crippen LogP contribution in [0.15, 0.2) is 39.9 Å². The van der Waals surface area contributed by atoms with Crippen molar-refractivity contribution in [2.24, 2.45) is 0 Å². The fourth-order valence-electron chi connectivity index (χ4n) is 2.62. The highest BCUT2D eigenvalue weighted by Crippen LogP contribution is 2.27. The second-order valence-corrected chi connectivity index (χ2v) is 8.34. The predicted octanol–water partition coefficient (Wildman–Crippen LogP) is 3.73. The minimum Gasteiger partial charge on any atom is -0.459 e. The molecule has 0 aliphatic rings. The highest BCUT2D eigenvalue weighted by Gasteiger charge is 2.21. The molecule has 2 heterocycles. The first-order valence-corrected chi connectivity index (χ1v) is 10.1. The van der Waals surface area contributed by atoms with Crippen molar-refractivity contribution in [3.05, 3.63) is 55.9 Å². The van der Waals surface area contributed by atoms with Crippen LogP contribution < -0.4 is 10.9 Å². The van der Waals surface area contributed by atoms with Crippen LogP contribution in [-0.4, -0.2) is 27.5 Å². The van der Waals surface area contributed by atoms with Gasteiger partial charge in [-0.3, -0.25) is 14.2 Å². The number of esters is 1. The fourth-order valence-corrected chi connectivity index (χ4v) is 3.91. The van der Waals surface area contributed by atoms with Crippen LogP contribution in [0.2, 0.25) is 0 Å². The third kappa shape index (κ3) is 4.31. The molecule has 0 saturated carbocycles. The van der Waals surface area contributed by atoms with Crippen LogP contribution >= 0.6 is 27.3 Å². The van der Waals surface area contributed by atoms with Crippen molar-refractivity contribution in [1.29, 1.82) is 0 Å². The summed E-state index contributed by atoms with van der Waals surface area (Å²) in [5, 5.41) is 3.07. The average Bonchev–Trinajstić information content (AvgIpc) is 2.96. The number of nitrogens with zero attached hydrogens (tertiary/aromatic N) is 2. The average molecular weight is 464 g/mol. The zero-order valence-corrected chi connectivity index (χ0v) is 17.9. The SMILES string of the molecule is Cc1c(C(=O)OC(C)C)sc2ncn(CC(=O)Nc3ccc(Br)cc3)c(=O)c12. The lowest BCUT2D eigenvalue weighted by atomic mass is 10.2. The molecule has 1 amide bonds. The van der Waals surface area contributed by atoms with Crippen molar-refractivity contribution in [2.45, 2.75) is 33.4 Å². The Kier molecular flexibility index (Phi) is 5.95. The zero-order chi connectivity index (χ0) is 20.4. The fraction of sp³-hybridized carbons (Fsp3) is 0.263. The van der Waals surface area contributed by atoms with Gasteiger partial charge in [0.25, 0.3) is 5.56 Å². The maximum Gasteiger partial charge on any atom is 0.348 e. The zero-order valence-electron chi connectivity index (χ0n) is 15.5. The van der Waals surface area contributed by atoms with E-state index in [2.05, 4.69) is 26.2 Å². The molecule has 0 fully saturated rings. The third-order valence-electron chi connectivity index (χ3n) is 3.89. The monoisotopic (exact) mass is 463 g/mol. The van der Waals surface area contributed by atoms with Crippen molar-refractivity contribution >= 4 is 55.0 Å². The summed E-state index contributed by atoms with van der Waals surface area (Å²) in [6.45, 7) is 5.02. The molecule has 0 spiro atoms. The molecule has 0 aliphatic carbocycles. The lowest BCUT2D eigenvalue weighted by molar-refractivity contribution is -0.116. The van der Waals surface area contributed by atoms with Gasteiger partial charge in [-0.2, -0.15) is 0 Å². The van der Waals surface area contributed by atoms with E-state index in [4.69, 9.17) is 4.74 Å². The van der Waals surface area contributed by atoms with Crippen LogP contribution in [0.3, 0.4) is 0 Å². The quantitative estimate of drug-likeness (QED) is 0.582. The van der Waals surface area contributed by atoms with E-state index < -0.39 is 5.97 Å². The largest absolute Gasteiger partial charge is 0.459 e. The van der Waals surface area contributed by atoms with Crippen LogP contribution in [0.1, 0.15) is 29.1 Å². The van der Waals surface area contributed by atoms with Gasteiger partial charge in [-0.15, -0.1) is 11.3 Å². The third-order valence-corrected chi connectivity index (χ3v) is 5.60. The lowest BCUT2D eigenvalue weighted by Crippen LogP contribution is -2.27. The second kappa shape index (κ2) is 8.24. The summed E-state index contributed by atoms with van der Waals surface area (Å²) in [7, 11) is 0. The number of anilines is 1. The Hall–Kier alpha value is -2.52. The Labute approximate surface area is 173 Å². The minimum atomic E-state index is -0.477. The number of carbonyl (C=O) groups is 2. The molecule has 0 bridgehead atoms. The maximum atomic E-state index is 12.8. The molecule has 28 heavy (non-hydrogen) atoms. The van der Waals surface area contributed by atoms with Crippen LogP contribution in [0.4, 0.5) is 5.69 Å². The molecule has 9 heteroatoms. The second-order valence-electron chi connectivity index (χ2n) is 6.42. The number of aromatic nitrogens is 2. The van der Waals surface area contributed by atoms with Crippen LogP contribution in [-0.2, 0) is 16.1 Å². The first-order chi connectivity index (χ1) is 13.3. The van der Waals surface area contributed by atoms with Crippen LogP contribution in [0.5, 0.6) is 0 Å². The summed E-state index contributed by atoms with van der Waals surface area (Å²) < 4.78 is 7.35. The number of amides is 1. The van der Waals surface area contributed by atoms with E-state index in [0.717, 1.165) is 15.8 Å². The highest BCUT2D eigenvalue weighted by atomic mass is 79.9. The van der Waals surface area contributed by atoms with Gasteiger partial charge in [-0.05, 0) is 50.6 Å². The number of carbonyl (C=O) groups excluding carboxylic acids is 2. The number of halogens is 1. The maximum absolute atomic E-state index is 12.8. The first-order valence-electron chi connectivity index (χ1n) is 8.51. The van der Waals surface area contributed by atoms with E-state index in [1.165, 1.54) is 10.9 Å². The summed E-state index contributed by atoms with van der Waals surface area (Å²) in [4.78, 5) is 42.4. The molecule has 1 aromatic carbocycles. The Morgan fingerprint density at radius 2 is 1.96 bits per heavy atom. The van der Waals surface area contributed by atoms with Gasteiger partial charge >= 0.3 is 5.97 Å². The summed E-state index contributed by atoms with van der Waals surface area (Å²) in [6, 6.07) is 7.12. The summed E-state index contributed by atoms with van der Waals surface area (Å²) >= 11 is 4.45. The van der Waals surface area contributed by atoms with Gasteiger partial charge in [0.15, 0.2) is 0 Å². The molecule has 3 rings (SSSR count). The Balaban J connectivity index is 1.86. The molecule has 1 N–H and O–H groups in total. The van der Waals surface area contributed by atoms with Crippen molar-refractivity contribution in [3.63, 3.8) is 0 Å². The number of benzene rings is 1.